The molecule has 0 fully saturated rings. The minimum Gasteiger partial charge on any atom is -0.461 e. The minimum absolute atomic E-state index is 0.677. The summed E-state index contributed by atoms with van der Waals surface area (Å²) in [6.45, 7) is 6.79. The van der Waals surface area contributed by atoms with Crippen molar-refractivity contribution in [1.29, 1.82) is 0 Å². The molecule has 0 radical (unpaired) electrons. The van der Waals surface area contributed by atoms with Gasteiger partial charge in [-0.25, -0.2) is 0 Å². The van der Waals surface area contributed by atoms with Crippen LogP contribution in [0.2, 0.25) is 0 Å². The molecule has 0 amide bonds. The third-order valence-electron chi connectivity index (χ3n) is 3.40. The van der Waals surface area contributed by atoms with Crippen molar-refractivity contribution in [2.75, 3.05) is 0 Å². The second-order valence-corrected chi connectivity index (χ2v) is 5.56. The van der Waals surface area contributed by atoms with Crippen LogP contribution in [0.5, 0.6) is 0 Å². The molecule has 0 saturated heterocycles. The van der Waals surface area contributed by atoms with Gasteiger partial charge < -0.3 is 4.42 Å². The van der Waals surface area contributed by atoms with Gasteiger partial charge in [0.25, 0.3) is 0 Å². The molecule has 0 bridgehead atoms. The molecule has 1 aromatic heterocycles. The van der Waals surface area contributed by atoms with Crippen molar-refractivity contribution in [3.8, 4) is 0 Å². The van der Waals surface area contributed by atoms with Crippen molar-refractivity contribution in [3.05, 3.63) is 35.6 Å². The van der Waals surface area contributed by atoms with Gasteiger partial charge in [0.2, 0.25) is 0 Å². The lowest BCUT2D eigenvalue weighted by Crippen LogP contribution is -1.97. The summed E-state index contributed by atoms with van der Waals surface area (Å²) < 4.78 is 6.05. The van der Waals surface area contributed by atoms with Crippen LogP contribution in [0.1, 0.15) is 51.4 Å². The first kappa shape index (κ1) is 13.2. The second kappa shape index (κ2) is 6.08. The second-order valence-electron chi connectivity index (χ2n) is 5.56. The van der Waals surface area contributed by atoms with E-state index in [0.29, 0.717) is 5.92 Å². The van der Waals surface area contributed by atoms with Gasteiger partial charge in [0, 0.05) is 17.4 Å². The fourth-order valence-corrected chi connectivity index (χ4v) is 2.52. The third kappa shape index (κ3) is 2.95. The zero-order valence-electron chi connectivity index (χ0n) is 11.8. The fraction of sp³-hybridized carbons (Fsp3) is 0.529. The Labute approximate surface area is 110 Å². The summed E-state index contributed by atoms with van der Waals surface area (Å²) in [5.41, 5.74) is 2.50. The van der Waals surface area contributed by atoms with Crippen LogP contribution in [0.3, 0.4) is 0 Å². The van der Waals surface area contributed by atoms with E-state index in [1.54, 1.807) is 0 Å². The molecule has 0 aliphatic carbocycles. The van der Waals surface area contributed by atoms with Crippen LogP contribution in [0.25, 0.3) is 11.0 Å². The average Bonchev–Trinajstić information content (AvgIpc) is 2.68. The fourth-order valence-electron chi connectivity index (χ4n) is 2.52. The van der Waals surface area contributed by atoms with Gasteiger partial charge in [0.05, 0.1) is 0 Å². The Morgan fingerprint density at radius 2 is 1.89 bits per heavy atom. The molecule has 98 valence electrons. The maximum absolute atomic E-state index is 6.05. The lowest BCUT2D eigenvalue weighted by molar-refractivity contribution is 0.517. The van der Waals surface area contributed by atoms with Gasteiger partial charge in [0.15, 0.2) is 0 Å². The molecule has 1 aromatic carbocycles. The Morgan fingerprint density at radius 1 is 1.11 bits per heavy atom. The number of furan rings is 1. The van der Waals surface area contributed by atoms with E-state index >= 15 is 0 Å². The SMILES string of the molecule is CCCCCc1oc2ccccc2c1CC(C)C. The predicted octanol–water partition coefficient (Wildman–Crippen LogP) is 5.36. The summed E-state index contributed by atoms with van der Waals surface area (Å²) in [6, 6.07) is 8.45. The number of unbranched alkanes of at least 4 members (excludes halogenated alkanes) is 2. The number of hydrogen-bond donors (Lipinski definition) is 0. The first-order valence-corrected chi connectivity index (χ1v) is 7.21. The molecule has 0 atom stereocenters. The summed E-state index contributed by atoms with van der Waals surface area (Å²) in [5.74, 6) is 1.90. The molecule has 1 heteroatoms. The lowest BCUT2D eigenvalue weighted by Gasteiger charge is -2.06. The zero-order valence-corrected chi connectivity index (χ0v) is 11.8. The Bertz CT molecular complexity index is 493. The quantitative estimate of drug-likeness (QED) is 0.623. The summed E-state index contributed by atoms with van der Waals surface area (Å²) in [4.78, 5) is 0. The van der Waals surface area contributed by atoms with Gasteiger partial charge in [-0.05, 0) is 24.8 Å². The summed E-state index contributed by atoms with van der Waals surface area (Å²) >= 11 is 0. The molecule has 18 heavy (non-hydrogen) atoms. The van der Waals surface area contributed by atoms with E-state index in [4.69, 9.17) is 4.42 Å². The van der Waals surface area contributed by atoms with Crippen LogP contribution >= 0.6 is 0 Å². The summed E-state index contributed by atoms with van der Waals surface area (Å²) in [5, 5.41) is 1.32. The number of fused-ring (bicyclic) bond motifs is 1. The van der Waals surface area contributed by atoms with Crippen molar-refractivity contribution in [2.45, 2.75) is 52.9 Å². The number of para-hydroxylation sites is 1. The first-order chi connectivity index (χ1) is 8.72. The van der Waals surface area contributed by atoms with Crippen molar-refractivity contribution < 1.29 is 4.42 Å². The summed E-state index contributed by atoms with van der Waals surface area (Å²) in [6.07, 6.45) is 6.00. The van der Waals surface area contributed by atoms with E-state index in [1.807, 2.05) is 0 Å². The first-order valence-electron chi connectivity index (χ1n) is 7.21. The van der Waals surface area contributed by atoms with Crippen LogP contribution in [-0.4, -0.2) is 0 Å². The molecule has 2 aromatic rings. The monoisotopic (exact) mass is 244 g/mol. The molecular formula is C17H24O. The maximum Gasteiger partial charge on any atom is 0.134 e. The minimum atomic E-state index is 0.677. The smallest absolute Gasteiger partial charge is 0.134 e. The molecule has 0 unspecified atom stereocenters. The van der Waals surface area contributed by atoms with Crippen LogP contribution in [0.4, 0.5) is 0 Å². The Morgan fingerprint density at radius 3 is 2.61 bits per heavy atom. The molecule has 0 saturated carbocycles. The van der Waals surface area contributed by atoms with Gasteiger partial charge in [-0.3, -0.25) is 0 Å². The highest BCUT2D eigenvalue weighted by Gasteiger charge is 2.14. The van der Waals surface area contributed by atoms with Crippen molar-refractivity contribution in [1.82, 2.24) is 0 Å². The molecule has 0 aliphatic rings. The Hall–Kier alpha value is -1.24. The molecule has 0 aliphatic heterocycles. The largest absolute Gasteiger partial charge is 0.461 e. The molecular weight excluding hydrogens is 220 g/mol. The summed E-state index contributed by atoms with van der Waals surface area (Å²) in [7, 11) is 0. The number of hydrogen-bond acceptors (Lipinski definition) is 1. The van der Waals surface area contributed by atoms with Crippen molar-refractivity contribution in [3.63, 3.8) is 0 Å². The van der Waals surface area contributed by atoms with E-state index in [-0.39, 0.29) is 0 Å². The third-order valence-corrected chi connectivity index (χ3v) is 3.40. The van der Waals surface area contributed by atoms with Gasteiger partial charge in [-0.1, -0.05) is 51.8 Å². The molecule has 2 rings (SSSR count). The van der Waals surface area contributed by atoms with E-state index in [2.05, 4.69) is 45.0 Å². The molecule has 0 N–H and O–H groups in total. The number of benzene rings is 1. The molecule has 1 heterocycles. The van der Waals surface area contributed by atoms with Gasteiger partial charge in [0.1, 0.15) is 11.3 Å². The maximum atomic E-state index is 6.05. The highest BCUT2D eigenvalue weighted by atomic mass is 16.3. The average molecular weight is 244 g/mol. The van der Waals surface area contributed by atoms with Crippen LogP contribution in [0.15, 0.2) is 28.7 Å². The van der Waals surface area contributed by atoms with E-state index in [0.717, 1.165) is 18.4 Å². The van der Waals surface area contributed by atoms with Gasteiger partial charge in [-0.2, -0.15) is 0 Å². The zero-order chi connectivity index (χ0) is 13.0. The van der Waals surface area contributed by atoms with Crippen molar-refractivity contribution >= 4 is 11.0 Å². The highest BCUT2D eigenvalue weighted by Crippen LogP contribution is 2.29. The topological polar surface area (TPSA) is 13.1 Å². The Kier molecular flexibility index (Phi) is 4.46. The van der Waals surface area contributed by atoms with Crippen LogP contribution in [-0.2, 0) is 12.8 Å². The highest BCUT2D eigenvalue weighted by molar-refractivity contribution is 5.82. The Balaban J connectivity index is 2.30. The van der Waals surface area contributed by atoms with Crippen LogP contribution in [0, 0.1) is 5.92 Å². The van der Waals surface area contributed by atoms with Crippen molar-refractivity contribution in [2.24, 2.45) is 5.92 Å². The van der Waals surface area contributed by atoms with Gasteiger partial charge >= 0.3 is 0 Å². The van der Waals surface area contributed by atoms with E-state index in [9.17, 15) is 0 Å². The van der Waals surface area contributed by atoms with E-state index in [1.165, 1.54) is 36.0 Å². The molecule has 1 nitrogen and oxygen atoms in total. The van der Waals surface area contributed by atoms with E-state index < -0.39 is 0 Å². The van der Waals surface area contributed by atoms with Gasteiger partial charge in [-0.15, -0.1) is 0 Å². The normalized spacial score (nSPS) is 11.6. The molecule has 0 spiro atoms. The number of aryl methyl sites for hydroxylation is 1. The number of rotatable bonds is 6. The standard InChI is InChI=1S/C17H24O/c1-4-5-6-10-17-15(12-13(2)3)14-9-7-8-11-16(14)18-17/h7-9,11,13H,4-6,10,12H2,1-3H3. The van der Waals surface area contributed by atoms with Crippen LogP contribution < -0.4 is 0 Å². The predicted molar refractivity (Wildman–Crippen MR) is 78.0 cm³/mol. The lowest BCUT2D eigenvalue weighted by atomic mass is 9.98.